The van der Waals surface area contributed by atoms with E-state index >= 15 is 0 Å². The van der Waals surface area contributed by atoms with Crippen LogP contribution in [0.25, 0.3) is 0 Å². The number of pyridine rings is 1. The van der Waals surface area contributed by atoms with Gasteiger partial charge in [-0.3, -0.25) is 19.4 Å². The lowest BCUT2D eigenvalue weighted by molar-refractivity contribution is -0.139. The van der Waals surface area contributed by atoms with Gasteiger partial charge in [-0.15, -0.1) is 6.58 Å². The lowest BCUT2D eigenvalue weighted by Gasteiger charge is -2.32. The predicted molar refractivity (Wildman–Crippen MR) is 89.1 cm³/mol. The van der Waals surface area contributed by atoms with Gasteiger partial charge >= 0.3 is 11.8 Å². The van der Waals surface area contributed by atoms with Crippen molar-refractivity contribution in [2.75, 3.05) is 26.2 Å². The maximum Gasteiger partial charge on any atom is 0.309 e. The number of nitrogens with zero attached hydrogens (tertiary/aromatic N) is 2. The number of piperidine rings is 1. The Hall–Kier alpha value is -2.70. The summed E-state index contributed by atoms with van der Waals surface area (Å²) >= 11 is 0. The second-order valence-electron chi connectivity index (χ2n) is 5.69. The van der Waals surface area contributed by atoms with Crippen molar-refractivity contribution in [3.63, 3.8) is 0 Å². The van der Waals surface area contributed by atoms with E-state index in [1.807, 2.05) is 0 Å². The predicted octanol–water partition coefficient (Wildman–Crippen LogP) is 0.352. The zero-order valence-electron chi connectivity index (χ0n) is 13.5. The smallest absolute Gasteiger partial charge is 0.309 e. The van der Waals surface area contributed by atoms with Gasteiger partial charge in [0, 0.05) is 38.6 Å². The molecule has 1 aliphatic rings. The van der Waals surface area contributed by atoms with Crippen molar-refractivity contribution in [3.05, 3.63) is 42.7 Å². The van der Waals surface area contributed by atoms with Gasteiger partial charge in [0.15, 0.2) is 0 Å². The number of carbonyl (C=O) groups excluding carboxylic acids is 3. The van der Waals surface area contributed by atoms with Crippen LogP contribution in [0.15, 0.2) is 37.2 Å². The summed E-state index contributed by atoms with van der Waals surface area (Å²) in [6.07, 6.45) is 6.30. The molecule has 2 heterocycles. The minimum Gasteiger partial charge on any atom is -0.348 e. The molecule has 0 aromatic carbocycles. The van der Waals surface area contributed by atoms with Crippen LogP contribution >= 0.6 is 0 Å². The van der Waals surface area contributed by atoms with Crippen LogP contribution in [0.1, 0.15) is 23.2 Å². The lowest BCUT2D eigenvalue weighted by Crippen LogP contribution is -2.44. The van der Waals surface area contributed by atoms with E-state index in [4.69, 9.17) is 0 Å². The Kier molecular flexibility index (Phi) is 6.48. The first-order valence-corrected chi connectivity index (χ1v) is 7.98. The van der Waals surface area contributed by atoms with Crippen molar-refractivity contribution in [2.24, 2.45) is 5.92 Å². The summed E-state index contributed by atoms with van der Waals surface area (Å²) in [5.74, 6) is -1.04. The highest BCUT2D eigenvalue weighted by atomic mass is 16.2. The molecule has 0 spiro atoms. The Morgan fingerprint density at radius 1 is 1.25 bits per heavy atom. The van der Waals surface area contributed by atoms with Crippen LogP contribution in [0.5, 0.6) is 0 Å². The summed E-state index contributed by atoms with van der Waals surface area (Å²) in [7, 11) is 0. The number of amides is 3. The molecule has 0 unspecified atom stereocenters. The van der Waals surface area contributed by atoms with Crippen LogP contribution in [-0.4, -0.2) is 53.8 Å². The largest absolute Gasteiger partial charge is 0.348 e. The molecule has 1 fully saturated rings. The van der Waals surface area contributed by atoms with Gasteiger partial charge in [0.2, 0.25) is 0 Å². The average molecular weight is 330 g/mol. The van der Waals surface area contributed by atoms with Crippen molar-refractivity contribution in [3.8, 4) is 0 Å². The third-order valence-corrected chi connectivity index (χ3v) is 3.97. The zero-order valence-corrected chi connectivity index (χ0v) is 13.5. The SMILES string of the molecule is C=CCNC(=O)C(=O)NCC1CCN(C(=O)c2cccnc2)CC1. The van der Waals surface area contributed by atoms with Crippen LogP contribution < -0.4 is 10.6 Å². The molecule has 128 valence electrons. The molecule has 1 aliphatic heterocycles. The summed E-state index contributed by atoms with van der Waals surface area (Å²) in [6, 6.07) is 3.50. The third kappa shape index (κ3) is 4.91. The first-order chi connectivity index (χ1) is 11.6. The van der Waals surface area contributed by atoms with Crippen molar-refractivity contribution in [1.82, 2.24) is 20.5 Å². The average Bonchev–Trinajstić information content (AvgIpc) is 2.64. The Labute approximate surface area is 141 Å². The van der Waals surface area contributed by atoms with E-state index in [-0.39, 0.29) is 18.4 Å². The van der Waals surface area contributed by atoms with Crippen LogP contribution in [0.3, 0.4) is 0 Å². The molecule has 1 aromatic rings. The van der Waals surface area contributed by atoms with Crippen LogP contribution in [0.4, 0.5) is 0 Å². The van der Waals surface area contributed by atoms with Gasteiger partial charge in [0.1, 0.15) is 0 Å². The number of aromatic nitrogens is 1. The van der Waals surface area contributed by atoms with Gasteiger partial charge in [-0.2, -0.15) is 0 Å². The van der Waals surface area contributed by atoms with Gasteiger partial charge in [-0.05, 0) is 30.9 Å². The first kappa shape index (κ1) is 17.7. The molecular weight excluding hydrogens is 308 g/mol. The Bertz CT molecular complexity index is 595. The maximum absolute atomic E-state index is 12.3. The molecule has 3 amide bonds. The van der Waals surface area contributed by atoms with Crippen LogP contribution in [-0.2, 0) is 9.59 Å². The molecule has 2 N–H and O–H groups in total. The van der Waals surface area contributed by atoms with E-state index in [9.17, 15) is 14.4 Å². The molecule has 1 aromatic heterocycles. The Morgan fingerprint density at radius 2 is 1.96 bits per heavy atom. The van der Waals surface area contributed by atoms with Crippen LogP contribution in [0, 0.1) is 5.92 Å². The highest BCUT2D eigenvalue weighted by Crippen LogP contribution is 2.18. The molecule has 0 saturated carbocycles. The first-order valence-electron chi connectivity index (χ1n) is 7.98. The molecular formula is C17H22N4O3. The fourth-order valence-electron chi connectivity index (χ4n) is 2.57. The number of hydrogen-bond acceptors (Lipinski definition) is 4. The number of nitrogens with one attached hydrogen (secondary N) is 2. The number of carbonyl (C=O) groups is 3. The van der Waals surface area contributed by atoms with E-state index in [1.165, 1.54) is 6.08 Å². The molecule has 0 aliphatic carbocycles. The monoisotopic (exact) mass is 330 g/mol. The van der Waals surface area contributed by atoms with E-state index in [2.05, 4.69) is 22.2 Å². The van der Waals surface area contributed by atoms with Gasteiger partial charge in [-0.25, -0.2) is 0 Å². The minimum absolute atomic E-state index is 0.0191. The number of likely N-dealkylation sites (tertiary alicyclic amines) is 1. The topological polar surface area (TPSA) is 91.4 Å². The highest BCUT2D eigenvalue weighted by Gasteiger charge is 2.24. The summed E-state index contributed by atoms with van der Waals surface area (Å²) < 4.78 is 0. The summed E-state index contributed by atoms with van der Waals surface area (Å²) in [4.78, 5) is 41.1. The van der Waals surface area contributed by atoms with Crippen molar-refractivity contribution >= 4 is 17.7 Å². The second kappa shape index (κ2) is 8.81. The number of hydrogen-bond donors (Lipinski definition) is 2. The Morgan fingerprint density at radius 3 is 2.58 bits per heavy atom. The molecule has 2 rings (SSSR count). The molecule has 24 heavy (non-hydrogen) atoms. The standard InChI is InChI=1S/C17H22N4O3/c1-2-7-19-15(22)16(23)20-11-13-5-9-21(10-6-13)17(24)14-4-3-8-18-12-14/h2-4,8,12-13H,1,5-7,9-11H2,(H,19,22)(H,20,23). The second-order valence-corrected chi connectivity index (χ2v) is 5.69. The maximum atomic E-state index is 12.3. The number of rotatable bonds is 5. The van der Waals surface area contributed by atoms with Crippen molar-refractivity contribution < 1.29 is 14.4 Å². The Balaban J connectivity index is 1.73. The van der Waals surface area contributed by atoms with E-state index in [1.54, 1.807) is 29.4 Å². The van der Waals surface area contributed by atoms with Gasteiger partial charge in [0.25, 0.3) is 5.91 Å². The molecule has 0 radical (unpaired) electrons. The fraction of sp³-hybridized carbons (Fsp3) is 0.412. The fourth-order valence-corrected chi connectivity index (χ4v) is 2.57. The normalized spacial score (nSPS) is 14.8. The third-order valence-electron chi connectivity index (χ3n) is 3.97. The van der Waals surface area contributed by atoms with Crippen molar-refractivity contribution in [1.29, 1.82) is 0 Å². The van der Waals surface area contributed by atoms with E-state index in [0.29, 0.717) is 25.2 Å². The zero-order chi connectivity index (χ0) is 17.4. The summed E-state index contributed by atoms with van der Waals surface area (Å²) in [6.45, 7) is 5.45. The van der Waals surface area contributed by atoms with Crippen LogP contribution in [0.2, 0.25) is 0 Å². The highest BCUT2D eigenvalue weighted by molar-refractivity contribution is 6.35. The molecule has 0 bridgehead atoms. The van der Waals surface area contributed by atoms with Crippen molar-refractivity contribution in [2.45, 2.75) is 12.8 Å². The molecule has 0 atom stereocenters. The van der Waals surface area contributed by atoms with E-state index in [0.717, 1.165) is 12.8 Å². The van der Waals surface area contributed by atoms with Gasteiger partial charge in [-0.1, -0.05) is 6.08 Å². The molecule has 1 saturated heterocycles. The summed E-state index contributed by atoms with van der Waals surface area (Å²) in [5, 5.41) is 5.07. The van der Waals surface area contributed by atoms with Gasteiger partial charge in [0.05, 0.1) is 5.56 Å². The molecule has 7 nitrogen and oxygen atoms in total. The quantitative estimate of drug-likeness (QED) is 0.602. The van der Waals surface area contributed by atoms with E-state index < -0.39 is 11.8 Å². The lowest BCUT2D eigenvalue weighted by atomic mass is 9.96. The minimum atomic E-state index is -0.654. The molecule has 7 heteroatoms. The van der Waals surface area contributed by atoms with Gasteiger partial charge < -0.3 is 15.5 Å². The summed E-state index contributed by atoms with van der Waals surface area (Å²) in [5.41, 5.74) is 0.586.